The molecule has 1 aliphatic heterocycles. The highest BCUT2D eigenvalue weighted by Crippen LogP contribution is 2.17. The summed E-state index contributed by atoms with van der Waals surface area (Å²) in [5.41, 5.74) is -0.221. The van der Waals surface area contributed by atoms with Crippen LogP contribution in [-0.4, -0.2) is 62.3 Å². The van der Waals surface area contributed by atoms with Gasteiger partial charge in [0.05, 0.1) is 12.1 Å². The number of nitrogens with one attached hydrogen (secondary N) is 2. The second-order valence-corrected chi connectivity index (χ2v) is 7.14. The normalized spacial score (nSPS) is 20.3. The van der Waals surface area contributed by atoms with Gasteiger partial charge in [0.1, 0.15) is 0 Å². The lowest BCUT2D eigenvalue weighted by molar-refractivity contribution is 0.0310. The average Bonchev–Trinajstić information content (AvgIpc) is 2.50. The third kappa shape index (κ3) is 9.10. The van der Waals surface area contributed by atoms with Gasteiger partial charge in [-0.15, -0.1) is 24.0 Å². The third-order valence-corrected chi connectivity index (χ3v) is 4.35. The smallest absolute Gasteiger partial charge is 0.191 e. The van der Waals surface area contributed by atoms with Gasteiger partial charge < -0.3 is 20.3 Å². The molecule has 0 bridgehead atoms. The summed E-state index contributed by atoms with van der Waals surface area (Å²) >= 11 is 0. The van der Waals surface area contributed by atoms with E-state index in [1.807, 2.05) is 0 Å². The molecule has 0 amide bonds. The van der Waals surface area contributed by atoms with Gasteiger partial charge in [-0.1, -0.05) is 0 Å². The molecule has 1 saturated heterocycles. The first-order valence-corrected chi connectivity index (χ1v) is 8.69. The van der Waals surface area contributed by atoms with Crippen molar-refractivity contribution < 1.29 is 4.74 Å². The highest BCUT2D eigenvalue weighted by atomic mass is 127. The molecule has 0 aromatic carbocycles. The van der Waals surface area contributed by atoms with Gasteiger partial charge in [-0.3, -0.25) is 4.99 Å². The van der Waals surface area contributed by atoms with Gasteiger partial charge in [-0.2, -0.15) is 0 Å². The molecule has 0 aromatic heterocycles. The lowest BCUT2D eigenvalue weighted by atomic mass is 9.97. The standard InChI is InChI=1S/C17H36N4O.HI/c1-7-18-16(20-13-17(4,5)22-6)19-11-15-9-8-10-21(12-15)14(2)3;/h14-15H,7-13H2,1-6H3,(H2,18,19,20);1H. The summed E-state index contributed by atoms with van der Waals surface area (Å²) in [4.78, 5) is 7.23. The monoisotopic (exact) mass is 440 g/mol. The molecule has 1 atom stereocenters. The molecule has 0 saturated carbocycles. The zero-order valence-electron chi connectivity index (χ0n) is 15.8. The van der Waals surface area contributed by atoms with Crippen LogP contribution in [0.5, 0.6) is 0 Å². The van der Waals surface area contributed by atoms with E-state index in [4.69, 9.17) is 4.74 Å². The Kier molecular flexibility index (Phi) is 11.4. The van der Waals surface area contributed by atoms with Crippen molar-refractivity contribution in [3.8, 4) is 0 Å². The summed E-state index contributed by atoms with van der Waals surface area (Å²) in [6.45, 7) is 15.7. The SMILES string of the molecule is CCNC(=NCC(C)(C)OC)NCC1CCCN(C(C)C)C1.I. The molecular weight excluding hydrogens is 403 g/mol. The van der Waals surface area contributed by atoms with E-state index in [-0.39, 0.29) is 29.6 Å². The molecule has 0 aliphatic carbocycles. The number of halogens is 1. The number of piperidine rings is 1. The first kappa shape index (κ1) is 22.9. The Bertz CT molecular complexity index is 347. The van der Waals surface area contributed by atoms with Gasteiger partial charge in [-0.05, 0) is 59.9 Å². The summed E-state index contributed by atoms with van der Waals surface area (Å²) < 4.78 is 5.43. The molecule has 1 rings (SSSR count). The van der Waals surface area contributed by atoms with E-state index in [1.54, 1.807) is 7.11 Å². The van der Waals surface area contributed by atoms with Crippen molar-refractivity contribution in [1.82, 2.24) is 15.5 Å². The van der Waals surface area contributed by atoms with Crippen LogP contribution in [-0.2, 0) is 4.74 Å². The number of ether oxygens (including phenoxy) is 1. The zero-order valence-corrected chi connectivity index (χ0v) is 18.1. The van der Waals surface area contributed by atoms with Crippen LogP contribution in [0.25, 0.3) is 0 Å². The van der Waals surface area contributed by atoms with Crippen molar-refractivity contribution in [1.29, 1.82) is 0 Å². The molecule has 1 fully saturated rings. The lowest BCUT2D eigenvalue weighted by Gasteiger charge is -2.35. The van der Waals surface area contributed by atoms with Crippen molar-refractivity contribution in [3.05, 3.63) is 0 Å². The molecule has 0 radical (unpaired) electrons. The Morgan fingerprint density at radius 3 is 2.61 bits per heavy atom. The van der Waals surface area contributed by atoms with Crippen LogP contribution in [0.4, 0.5) is 0 Å². The maximum atomic E-state index is 5.43. The van der Waals surface area contributed by atoms with Gasteiger partial charge in [-0.25, -0.2) is 0 Å². The van der Waals surface area contributed by atoms with Gasteiger partial charge in [0, 0.05) is 32.8 Å². The second-order valence-electron chi connectivity index (χ2n) is 7.14. The highest BCUT2D eigenvalue weighted by molar-refractivity contribution is 14.0. The minimum atomic E-state index is -0.221. The minimum Gasteiger partial charge on any atom is -0.377 e. The predicted octanol–water partition coefficient (Wildman–Crippen LogP) is 2.70. The number of hydrogen-bond acceptors (Lipinski definition) is 3. The van der Waals surface area contributed by atoms with Gasteiger partial charge in [0.15, 0.2) is 5.96 Å². The van der Waals surface area contributed by atoms with Gasteiger partial charge in [0.25, 0.3) is 0 Å². The third-order valence-electron chi connectivity index (χ3n) is 4.35. The summed E-state index contributed by atoms with van der Waals surface area (Å²) in [7, 11) is 1.73. The molecule has 0 aromatic rings. The molecule has 23 heavy (non-hydrogen) atoms. The van der Waals surface area contributed by atoms with Crippen LogP contribution in [0.1, 0.15) is 47.5 Å². The number of nitrogens with zero attached hydrogens (tertiary/aromatic N) is 2. The fraction of sp³-hybridized carbons (Fsp3) is 0.941. The number of likely N-dealkylation sites (tertiary alicyclic amines) is 1. The summed E-state index contributed by atoms with van der Waals surface area (Å²) in [5.74, 6) is 1.60. The zero-order chi connectivity index (χ0) is 16.6. The molecule has 0 spiro atoms. The summed E-state index contributed by atoms with van der Waals surface area (Å²) in [5, 5.41) is 6.83. The van der Waals surface area contributed by atoms with E-state index in [9.17, 15) is 0 Å². The minimum absolute atomic E-state index is 0. The van der Waals surface area contributed by atoms with E-state index >= 15 is 0 Å². The molecule has 1 aliphatic rings. The fourth-order valence-corrected chi connectivity index (χ4v) is 2.65. The average molecular weight is 440 g/mol. The summed E-state index contributed by atoms with van der Waals surface area (Å²) in [6.07, 6.45) is 2.61. The van der Waals surface area contributed by atoms with Crippen LogP contribution in [0.15, 0.2) is 4.99 Å². The fourth-order valence-electron chi connectivity index (χ4n) is 2.65. The molecule has 1 unspecified atom stereocenters. The molecule has 6 heteroatoms. The van der Waals surface area contributed by atoms with Crippen molar-refractivity contribution in [2.24, 2.45) is 10.9 Å². The Balaban J connectivity index is 0.00000484. The first-order valence-electron chi connectivity index (χ1n) is 8.69. The van der Waals surface area contributed by atoms with E-state index in [0.29, 0.717) is 18.5 Å². The molecule has 5 nitrogen and oxygen atoms in total. The van der Waals surface area contributed by atoms with E-state index < -0.39 is 0 Å². The molecule has 1 heterocycles. The van der Waals surface area contributed by atoms with Gasteiger partial charge >= 0.3 is 0 Å². The topological polar surface area (TPSA) is 48.9 Å². The maximum Gasteiger partial charge on any atom is 0.191 e. The van der Waals surface area contributed by atoms with Crippen LogP contribution < -0.4 is 10.6 Å². The first-order chi connectivity index (χ1) is 10.4. The number of methoxy groups -OCH3 is 1. The lowest BCUT2D eigenvalue weighted by Crippen LogP contribution is -2.46. The van der Waals surface area contributed by atoms with Crippen LogP contribution in [0, 0.1) is 5.92 Å². The number of rotatable bonds is 7. The highest BCUT2D eigenvalue weighted by Gasteiger charge is 2.22. The van der Waals surface area contributed by atoms with E-state index in [2.05, 4.69) is 55.1 Å². The Morgan fingerprint density at radius 2 is 2.04 bits per heavy atom. The molecule has 138 valence electrons. The number of hydrogen-bond donors (Lipinski definition) is 2. The van der Waals surface area contributed by atoms with Crippen molar-refractivity contribution in [2.75, 3.05) is 39.8 Å². The van der Waals surface area contributed by atoms with E-state index in [0.717, 1.165) is 19.0 Å². The van der Waals surface area contributed by atoms with Crippen LogP contribution in [0.3, 0.4) is 0 Å². The number of guanidine groups is 1. The largest absolute Gasteiger partial charge is 0.377 e. The van der Waals surface area contributed by atoms with Crippen LogP contribution in [0.2, 0.25) is 0 Å². The Hall–Kier alpha value is -0.0800. The van der Waals surface area contributed by atoms with Crippen molar-refractivity contribution in [3.63, 3.8) is 0 Å². The summed E-state index contributed by atoms with van der Waals surface area (Å²) in [6, 6.07) is 0.646. The predicted molar refractivity (Wildman–Crippen MR) is 110 cm³/mol. The molecule has 2 N–H and O–H groups in total. The van der Waals surface area contributed by atoms with Gasteiger partial charge in [0.2, 0.25) is 0 Å². The molecular formula is C17H37IN4O. The Labute approximate surface area is 160 Å². The van der Waals surface area contributed by atoms with Crippen LogP contribution >= 0.6 is 24.0 Å². The Morgan fingerprint density at radius 1 is 1.35 bits per heavy atom. The quantitative estimate of drug-likeness (QED) is 0.363. The second kappa shape index (κ2) is 11.5. The maximum absolute atomic E-state index is 5.43. The van der Waals surface area contributed by atoms with Crippen molar-refractivity contribution >= 4 is 29.9 Å². The number of aliphatic imine (C=N–C) groups is 1. The van der Waals surface area contributed by atoms with Crippen molar-refractivity contribution in [2.45, 2.75) is 59.1 Å². The van der Waals surface area contributed by atoms with E-state index in [1.165, 1.54) is 25.9 Å².